The van der Waals surface area contributed by atoms with Gasteiger partial charge in [-0.15, -0.1) is 0 Å². The summed E-state index contributed by atoms with van der Waals surface area (Å²) in [5, 5.41) is 6.18. The predicted molar refractivity (Wildman–Crippen MR) is 380 cm³/mol. The van der Waals surface area contributed by atoms with Crippen LogP contribution in [0.5, 0.6) is 0 Å². The molecule has 0 saturated carbocycles. The number of unbranched alkanes of at least 4 members (excludes halogenated alkanes) is 3. The van der Waals surface area contributed by atoms with Crippen LogP contribution in [0, 0.1) is 0 Å². The Kier molecular flexibility index (Phi) is 26.5. The second-order valence-electron chi connectivity index (χ2n) is 27.2. The molecule has 1 spiro atoms. The fraction of sp³-hybridized carbons (Fsp3) is 0.468. The minimum absolute atomic E-state index is 0.00538. The maximum atomic E-state index is 14.0. The number of likely N-dealkylation sites (N-methyl/N-ethyl adjacent to an activating group) is 2. The SMILES string of the molecule is CN(CCCCCC(=O)N(C)CCN1CCC(OC(=O)Nc2ccccc2-c2ccccc2)CC1)Cc1ccc(NC(=O)OCCCCN(C)C(=O)CO[C@H]2Cc3ccccc3C23CCN(CC[C@@]2(c4ccc(Cl)c(Cl)c4)CN(C(=O)c4cc(C(F)(F)F)cc(C(F)(F)F)c4)CCO2)CC3)cc1. The van der Waals surface area contributed by atoms with Crippen molar-refractivity contribution in [3.63, 3.8) is 0 Å². The lowest BCUT2D eigenvalue weighted by Crippen LogP contribution is -2.54. The lowest BCUT2D eigenvalue weighted by Gasteiger charge is -2.46. The Labute approximate surface area is 602 Å². The van der Waals surface area contributed by atoms with Crippen LogP contribution in [0.4, 0.5) is 47.3 Å². The molecule has 548 valence electrons. The zero-order valence-electron chi connectivity index (χ0n) is 57.9. The van der Waals surface area contributed by atoms with Gasteiger partial charge in [-0.25, -0.2) is 9.59 Å². The highest BCUT2D eigenvalue weighted by Crippen LogP contribution is 2.49. The number of likely N-dealkylation sites (tertiary alicyclic amines) is 2. The molecule has 3 aliphatic heterocycles. The maximum Gasteiger partial charge on any atom is 0.416 e. The number of ether oxygens (including phenoxy) is 4. The monoisotopic (exact) mass is 1450 g/mol. The van der Waals surface area contributed by atoms with Crippen LogP contribution in [0.15, 0.2) is 140 Å². The van der Waals surface area contributed by atoms with Crippen LogP contribution in [-0.4, -0.2) is 184 Å². The zero-order valence-corrected chi connectivity index (χ0v) is 59.4. The number of carbonyl (C=O) groups excluding carboxylic acids is 5. The van der Waals surface area contributed by atoms with E-state index in [4.69, 9.17) is 42.1 Å². The van der Waals surface area contributed by atoms with Gasteiger partial charge >= 0.3 is 24.5 Å². The molecule has 4 aliphatic rings. The average molecular weight is 1460 g/mol. The molecule has 1 aliphatic carbocycles. The summed E-state index contributed by atoms with van der Waals surface area (Å²) in [5.74, 6) is -1.05. The van der Waals surface area contributed by atoms with E-state index in [9.17, 15) is 50.3 Å². The molecule has 17 nitrogen and oxygen atoms in total. The average Bonchev–Trinajstić information content (AvgIpc) is 1.60. The Hall–Kier alpha value is -7.77. The lowest BCUT2D eigenvalue weighted by atomic mass is 9.72. The van der Waals surface area contributed by atoms with E-state index in [2.05, 4.69) is 44.5 Å². The van der Waals surface area contributed by atoms with Gasteiger partial charge in [0.05, 0.1) is 52.7 Å². The molecule has 6 aromatic rings. The second-order valence-corrected chi connectivity index (χ2v) is 28.0. The number of amides is 5. The number of alkyl halides is 6. The van der Waals surface area contributed by atoms with Gasteiger partial charge in [0.15, 0.2) is 0 Å². The standard InChI is InChI=1S/C77H90Cl2F6N8O9/c1-88(34-13-5-8-22-69(94)90(3)41-42-91-36-29-62(30-37-91)102-73(98)87-67-21-12-10-19-63(67)55-16-6-4-7-17-55)51-54-23-26-61(27-24-54)86-72(97)99-44-15-14-35-89(2)70(95)52-100-68-48-56-18-9-11-20-64(56)74(68)31-38-92(39-32-74)40-33-75(58-25-28-65(78)66(79)50-58)53-93(43-45-101-75)71(96)57-46-59(76(80,81)82)49-60(47-57)77(83,84)85/h4,6-7,9-12,16-21,23-28,46-47,49-50,62,68H,5,8,13-15,22,29-45,48,51-53H2,1-3H3,(H,86,97)(H,87,98)/t68-,75-/m0/s1. The number of piperidine rings is 2. The molecule has 5 amide bonds. The van der Waals surface area contributed by atoms with Gasteiger partial charge in [0.1, 0.15) is 18.3 Å². The number of morpholine rings is 1. The second kappa shape index (κ2) is 35.1. The molecule has 0 unspecified atom stereocenters. The van der Waals surface area contributed by atoms with Gasteiger partial charge in [0, 0.05) is 95.1 Å². The molecule has 3 heterocycles. The highest BCUT2D eigenvalue weighted by Gasteiger charge is 2.50. The molecule has 102 heavy (non-hydrogen) atoms. The first-order chi connectivity index (χ1) is 48.8. The van der Waals surface area contributed by atoms with Crippen LogP contribution in [0.1, 0.15) is 114 Å². The van der Waals surface area contributed by atoms with Crippen molar-refractivity contribution in [2.45, 2.75) is 119 Å². The van der Waals surface area contributed by atoms with Gasteiger partial charge < -0.3 is 48.3 Å². The number of anilines is 2. The number of para-hydroxylation sites is 1. The lowest BCUT2D eigenvalue weighted by molar-refractivity contribution is -0.143. The maximum absolute atomic E-state index is 14.0. The summed E-state index contributed by atoms with van der Waals surface area (Å²) < 4.78 is 108. The molecule has 10 rings (SSSR count). The zero-order chi connectivity index (χ0) is 72.6. The number of fused-ring (bicyclic) bond motifs is 2. The van der Waals surface area contributed by atoms with Crippen LogP contribution in [0.2, 0.25) is 10.0 Å². The first kappa shape index (κ1) is 76.9. The molecule has 0 aromatic heterocycles. The van der Waals surface area contributed by atoms with E-state index in [0.717, 1.165) is 87.1 Å². The van der Waals surface area contributed by atoms with Crippen LogP contribution in [-0.2, 0) is 64.9 Å². The fourth-order valence-electron chi connectivity index (χ4n) is 14.3. The van der Waals surface area contributed by atoms with Gasteiger partial charge in [-0.1, -0.05) is 121 Å². The third kappa shape index (κ3) is 20.6. The molecule has 25 heteroatoms. The van der Waals surface area contributed by atoms with Crippen molar-refractivity contribution in [1.29, 1.82) is 0 Å². The smallest absolute Gasteiger partial charge is 0.416 e. The van der Waals surface area contributed by atoms with Crippen molar-refractivity contribution in [1.82, 2.24) is 29.4 Å². The molecule has 0 bridgehead atoms. The van der Waals surface area contributed by atoms with Gasteiger partial charge in [-0.05, 0) is 167 Å². The summed E-state index contributed by atoms with van der Waals surface area (Å²) in [6.07, 6.45) is -3.71. The number of rotatable bonds is 28. The minimum atomic E-state index is -5.14. The summed E-state index contributed by atoms with van der Waals surface area (Å²) >= 11 is 12.8. The molecule has 0 radical (unpaired) electrons. The number of hydrogen-bond acceptors (Lipinski definition) is 12. The van der Waals surface area contributed by atoms with E-state index in [1.54, 1.807) is 30.1 Å². The molecule has 3 fully saturated rings. The summed E-state index contributed by atoms with van der Waals surface area (Å²) in [5.41, 5.74) is 1.62. The van der Waals surface area contributed by atoms with E-state index in [1.807, 2.05) is 103 Å². The van der Waals surface area contributed by atoms with Crippen LogP contribution in [0.3, 0.4) is 0 Å². The fourth-order valence-corrected chi connectivity index (χ4v) is 14.5. The van der Waals surface area contributed by atoms with Crippen molar-refractivity contribution in [2.75, 3.05) is 124 Å². The van der Waals surface area contributed by atoms with Crippen molar-refractivity contribution in [2.24, 2.45) is 0 Å². The highest BCUT2D eigenvalue weighted by atomic mass is 35.5. The van der Waals surface area contributed by atoms with E-state index in [-0.39, 0.29) is 79.5 Å². The van der Waals surface area contributed by atoms with Crippen molar-refractivity contribution in [3.8, 4) is 11.1 Å². The predicted octanol–water partition coefficient (Wildman–Crippen LogP) is 15.1. The Bertz CT molecular complexity index is 3790. The van der Waals surface area contributed by atoms with Crippen LogP contribution < -0.4 is 10.6 Å². The number of halogens is 8. The molecular formula is C77H90Cl2F6N8O9. The Morgan fingerprint density at radius 2 is 1.31 bits per heavy atom. The number of nitrogens with one attached hydrogen (secondary N) is 2. The molecule has 3 saturated heterocycles. The van der Waals surface area contributed by atoms with Crippen LogP contribution in [0.25, 0.3) is 11.1 Å². The third-order valence-corrected chi connectivity index (χ3v) is 20.9. The van der Waals surface area contributed by atoms with Gasteiger partial charge in [0.25, 0.3) is 5.91 Å². The number of carbonyl (C=O) groups is 5. The molecule has 2 N–H and O–H groups in total. The number of benzene rings is 6. The summed E-state index contributed by atoms with van der Waals surface area (Å²) in [4.78, 5) is 77.7. The van der Waals surface area contributed by atoms with Gasteiger partial charge in [-0.2, -0.15) is 26.3 Å². The van der Waals surface area contributed by atoms with E-state index >= 15 is 0 Å². The first-order valence-electron chi connectivity index (χ1n) is 35.0. The summed E-state index contributed by atoms with van der Waals surface area (Å²) in [6, 6.07) is 39.2. The normalized spacial score (nSPS) is 18.0. The Morgan fingerprint density at radius 3 is 2.03 bits per heavy atom. The van der Waals surface area contributed by atoms with Crippen molar-refractivity contribution in [3.05, 3.63) is 189 Å². The third-order valence-electron chi connectivity index (χ3n) is 20.2. The largest absolute Gasteiger partial charge is 0.449 e. The van der Waals surface area contributed by atoms with Crippen LogP contribution >= 0.6 is 23.2 Å². The van der Waals surface area contributed by atoms with Crippen molar-refractivity contribution >= 4 is 64.5 Å². The first-order valence-corrected chi connectivity index (χ1v) is 35.7. The number of hydrogen-bond donors (Lipinski definition) is 2. The van der Waals surface area contributed by atoms with E-state index < -0.39 is 58.2 Å². The topological polar surface area (TPSA) is 166 Å². The molecular weight excluding hydrogens is 1370 g/mol. The van der Waals surface area contributed by atoms with Gasteiger partial charge in [0.2, 0.25) is 11.8 Å². The minimum Gasteiger partial charge on any atom is -0.449 e. The quantitative estimate of drug-likeness (QED) is 0.0353. The highest BCUT2D eigenvalue weighted by molar-refractivity contribution is 6.42. The van der Waals surface area contributed by atoms with Crippen molar-refractivity contribution < 1.29 is 69.3 Å². The molecule has 6 aromatic carbocycles. The summed E-state index contributed by atoms with van der Waals surface area (Å²) in [7, 11) is 5.65. The Morgan fingerprint density at radius 1 is 0.647 bits per heavy atom. The van der Waals surface area contributed by atoms with E-state index in [0.29, 0.717) is 100 Å². The Balaban J connectivity index is 0.588. The number of nitrogens with zero attached hydrogens (tertiary/aromatic N) is 6. The van der Waals surface area contributed by atoms with E-state index in [1.165, 1.54) is 10.5 Å². The van der Waals surface area contributed by atoms with Gasteiger partial charge in [-0.3, -0.25) is 25.0 Å². The molecule has 2 atom stereocenters. The summed E-state index contributed by atoms with van der Waals surface area (Å²) in [6.45, 7) is 6.37.